The van der Waals surface area contributed by atoms with Crippen LogP contribution in [0, 0.1) is 5.41 Å². The molecule has 2 heterocycles. The highest BCUT2D eigenvalue weighted by atomic mass is 16.2. The first kappa shape index (κ1) is 9.97. The van der Waals surface area contributed by atoms with Crippen LogP contribution in [-0.2, 0) is 4.79 Å². The molecule has 2 fully saturated rings. The molecule has 0 aromatic heterocycles. The second-order valence-electron chi connectivity index (χ2n) is 4.75. The molecule has 1 amide bonds. The normalized spacial score (nSPS) is 24.8. The lowest BCUT2D eigenvalue weighted by Gasteiger charge is -2.52. The lowest BCUT2D eigenvalue weighted by Crippen LogP contribution is -2.61. The number of hydrogen-bond acceptors (Lipinski definition) is 2. The van der Waals surface area contributed by atoms with Gasteiger partial charge in [0.25, 0.3) is 0 Å². The number of carbonyl (C=O) groups excluding carboxylic acids is 1. The number of carbonyl (C=O) groups is 1. The van der Waals surface area contributed by atoms with E-state index in [4.69, 9.17) is 0 Å². The summed E-state index contributed by atoms with van der Waals surface area (Å²) in [6.07, 6.45) is 4.21. The Hall–Kier alpha value is -0.570. The minimum absolute atomic E-state index is 0.358. The van der Waals surface area contributed by atoms with Crippen molar-refractivity contribution in [3.05, 3.63) is 0 Å². The number of hydrogen-bond donors (Lipinski definition) is 1. The van der Waals surface area contributed by atoms with Gasteiger partial charge >= 0.3 is 0 Å². The summed E-state index contributed by atoms with van der Waals surface area (Å²) >= 11 is 0. The van der Waals surface area contributed by atoms with E-state index < -0.39 is 0 Å². The van der Waals surface area contributed by atoms with E-state index >= 15 is 0 Å². The fourth-order valence-corrected chi connectivity index (χ4v) is 2.59. The summed E-state index contributed by atoms with van der Waals surface area (Å²) in [6, 6.07) is 0. The molecule has 3 nitrogen and oxygen atoms in total. The number of nitrogens with one attached hydrogen (secondary N) is 1. The van der Waals surface area contributed by atoms with Gasteiger partial charge in [-0.15, -0.1) is 0 Å². The van der Waals surface area contributed by atoms with Gasteiger partial charge in [0.15, 0.2) is 0 Å². The van der Waals surface area contributed by atoms with Gasteiger partial charge in [-0.2, -0.15) is 0 Å². The first-order valence-electron chi connectivity index (χ1n) is 5.74. The van der Waals surface area contributed by atoms with Gasteiger partial charge in [-0.3, -0.25) is 4.79 Å². The molecule has 80 valence electrons. The van der Waals surface area contributed by atoms with E-state index in [0.29, 0.717) is 11.3 Å². The summed E-state index contributed by atoms with van der Waals surface area (Å²) in [5.74, 6) is 0.358. The quantitative estimate of drug-likeness (QED) is 0.714. The zero-order valence-electron chi connectivity index (χ0n) is 9.01. The van der Waals surface area contributed by atoms with Crippen LogP contribution in [0.1, 0.15) is 32.6 Å². The molecule has 14 heavy (non-hydrogen) atoms. The van der Waals surface area contributed by atoms with Gasteiger partial charge in [0.1, 0.15) is 0 Å². The van der Waals surface area contributed by atoms with Crippen molar-refractivity contribution in [2.24, 2.45) is 5.41 Å². The molecule has 0 unspecified atom stereocenters. The van der Waals surface area contributed by atoms with Crippen molar-refractivity contribution in [1.29, 1.82) is 0 Å². The second kappa shape index (κ2) is 3.89. The van der Waals surface area contributed by atoms with Gasteiger partial charge in [-0.05, 0) is 32.4 Å². The molecule has 1 spiro atoms. The van der Waals surface area contributed by atoms with E-state index in [0.717, 1.165) is 39.0 Å². The molecular formula is C11H20N2O. The molecule has 0 aromatic carbocycles. The Morgan fingerprint density at radius 3 is 2.57 bits per heavy atom. The molecule has 2 aliphatic rings. The minimum atomic E-state index is 0.358. The smallest absolute Gasteiger partial charge is 0.222 e. The summed E-state index contributed by atoms with van der Waals surface area (Å²) in [7, 11) is 0. The standard InChI is InChI=1S/C11H20N2O/c1-2-3-10(14)13-8-11(9-13)4-6-12-7-5-11/h12H,2-9H2,1H3. The topological polar surface area (TPSA) is 32.3 Å². The molecule has 0 bridgehead atoms. The van der Waals surface area contributed by atoms with Crippen molar-refractivity contribution in [2.75, 3.05) is 26.2 Å². The molecular weight excluding hydrogens is 176 g/mol. The summed E-state index contributed by atoms with van der Waals surface area (Å²) in [6.45, 7) is 6.38. The zero-order chi connectivity index (χ0) is 10.0. The van der Waals surface area contributed by atoms with Crippen LogP contribution in [0.3, 0.4) is 0 Å². The Bertz CT molecular complexity index is 213. The largest absolute Gasteiger partial charge is 0.341 e. The van der Waals surface area contributed by atoms with E-state index in [1.54, 1.807) is 0 Å². The Kier molecular flexibility index (Phi) is 2.77. The van der Waals surface area contributed by atoms with Gasteiger partial charge in [0, 0.05) is 24.9 Å². The van der Waals surface area contributed by atoms with Gasteiger partial charge < -0.3 is 10.2 Å². The maximum Gasteiger partial charge on any atom is 0.222 e. The van der Waals surface area contributed by atoms with Crippen LogP contribution in [0.15, 0.2) is 0 Å². The fraction of sp³-hybridized carbons (Fsp3) is 0.909. The number of piperidine rings is 1. The molecule has 0 atom stereocenters. The Balaban J connectivity index is 1.79. The van der Waals surface area contributed by atoms with Gasteiger partial charge in [-0.25, -0.2) is 0 Å². The third kappa shape index (κ3) is 1.78. The molecule has 0 saturated carbocycles. The summed E-state index contributed by atoms with van der Waals surface area (Å²) in [5, 5.41) is 3.37. The van der Waals surface area contributed by atoms with E-state index in [1.165, 1.54) is 12.8 Å². The number of nitrogens with zero attached hydrogens (tertiary/aromatic N) is 1. The molecule has 2 aliphatic heterocycles. The van der Waals surface area contributed by atoms with Gasteiger partial charge in [0.2, 0.25) is 5.91 Å². The van der Waals surface area contributed by atoms with E-state index in [1.807, 2.05) is 4.90 Å². The maximum atomic E-state index is 11.6. The van der Waals surface area contributed by atoms with Crippen LogP contribution in [-0.4, -0.2) is 37.0 Å². The Labute approximate surface area is 85.8 Å². The fourth-order valence-electron chi connectivity index (χ4n) is 2.59. The number of rotatable bonds is 2. The second-order valence-corrected chi connectivity index (χ2v) is 4.75. The molecule has 3 heteroatoms. The van der Waals surface area contributed by atoms with Crippen LogP contribution >= 0.6 is 0 Å². The van der Waals surface area contributed by atoms with Crippen molar-refractivity contribution in [3.8, 4) is 0 Å². The van der Waals surface area contributed by atoms with Crippen molar-refractivity contribution >= 4 is 5.91 Å². The minimum Gasteiger partial charge on any atom is -0.341 e. The number of amides is 1. The highest BCUT2D eigenvalue weighted by molar-refractivity contribution is 5.77. The third-order valence-corrected chi connectivity index (χ3v) is 3.53. The van der Waals surface area contributed by atoms with E-state index in [9.17, 15) is 4.79 Å². The third-order valence-electron chi connectivity index (χ3n) is 3.53. The SMILES string of the molecule is CCCC(=O)N1CC2(CCNCC2)C1. The molecule has 0 radical (unpaired) electrons. The summed E-state index contributed by atoms with van der Waals surface area (Å²) in [5.41, 5.74) is 0.495. The van der Waals surface area contributed by atoms with Crippen LogP contribution < -0.4 is 5.32 Å². The Morgan fingerprint density at radius 2 is 2.00 bits per heavy atom. The number of likely N-dealkylation sites (tertiary alicyclic amines) is 1. The maximum absolute atomic E-state index is 11.6. The summed E-state index contributed by atoms with van der Waals surface area (Å²) < 4.78 is 0. The lowest BCUT2D eigenvalue weighted by molar-refractivity contribution is -0.145. The molecule has 0 aliphatic carbocycles. The predicted octanol–water partition coefficient (Wildman–Crippen LogP) is 0.998. The van der Waals surface area contributed by atoms with Crippen LogP contribution in [0.4, 0.5) is 0 Å². The van der Waals surface area contributed by atoms with E-state index in [-0.39, 0.29) is 0 Å². The summed E-state index contributed by atoms with van der Waals surface area (Å²) in [4.78, 5) is 13.6. The average Bonchev–Trinajstić information content (AvgIpc) is 2.16. The molecule has 0 aromatic rings. The molecule has 2 rings (SSSR count). The zero-order valence-corrected chi connectivity index (χ0v) is 9.01. The highest BCUT2D eigenvalue weighted by Crippen LogP contribution is 2.38. The predicted molar refractivity (Wildman–Crippen MR) is 56.0 cm³/mol. The highest BCUT2D eigenvalue weighted by Gasteiger charge is 2.44. The van der Waals surface area contributed by atoms with Crippen molar-refractivity contribution in [3.63, 3.8) is 0 Å². The van der Waals surface area contributed by atoms with Crippen LogP contribution in [0.5, 0.6) is 0 Å². The lowest BCUT2D eigenvalue weighted by atomic mass is 9.72. The first-order chi connectivity index (χ1) is 6.76. The van der Waals surface area contributed by atoms with Gasteiger partial charge in [0.05, 0.1) is 0 Å². The molecule has 1 N–H and O–H groups in total. The Morgan fingerprint density at radius 1 is 1.36 bits per heavy atom. The monoisotopic (exact) mass is 196 g/mol. The van der Waals surface area contributed by atoms with Crippen molar-refractivity contribution in [2.45, 2.75) is 32.6 Å². The van der Waals surface area contributed by atoms with Gasteiger partial charge in [-0.1, -0.05) is 6.92 Å². The van der Waals surface area contributed by atoms with Crippen molar-refractivity contribution < 1.29 is 4.79 Å². The van der Waals surface area contributed by atoms with E-state index in [2.05, 4.69) is 12.2 Å². The molecule has 2 saturated heterocycles. The first-order valence-corrected chi connectivity index (χ1v) is 5.74. The average molecular weight is 196 g/mol. The van der Waals surface area contributed by atoms with Crippen molar-refractivity contribution in [1.82, 2.24) is 10.2 Å². The van der Waals surface area contributed by atoms with Crippen LogP contribution in [0.25, 0.3) is 0 Å². The van der Waals surface area contributed by atoms with Crippen LogP contribution in [0.2, 0.25) is 0 Å².